The summed E-state index contributed by atoms with van der Waals surface area (Å²) >= 11 is 0. The number of nitrogens with one attached hydrogen (secondary N) is 1. The number of hydrogen-bond acceptors (Lipinski definition) is 6. The molecule has 2 aliphatic carbocycles. The Morgan fingerprint density at radius 1 is 0.796 bits per heavy atom. The third-order valence-corrected chi connectivity index (χ3v) is 10.0. The first kappa shape index (κ1) is 34.2. The predicted molar refractivity (Wildman–Crippen MR) is 192 cm³/mol. The van der Waals surface area contributed by atoms with Crippen LogP contribution in [0.25, 0.3) is 0 Å². The molecule has 256 valence electrons. The second-order valence-electron chi connectivity index (χ2n) is 15.3. The Balaban J connectivity index is 1.40. The lowest BCUT2D eigenvalue weighted by atomic mass is 9.63. The van der Waals surface area contributed by atoms with Crippen LogP contribution in [0.2, 0.25) is 0 Å². The third kappa shape index (κ3) is 7.08. The Morgan fingerprint density at radius 2 is 1.43 bits per heavy atom. The van der Waals surface area contributed by atoms with Crippen LogP contribution in [0.3, 0.4) is 0 Å². The van der Waals surface area contributed by atoms with Crippen molar-refractivity contribution in [3.8, 4) is 11.5 Å². The number of anilines is 1. The van der Waals surface area contributed by atoms with Gasteiger partial charge >= 0.3 is 0 Å². The first-order chi connectivity index (χ1) is 23.3. The highest BCUT2D eigenvalue weighted by Crippen LogP contribution is 2.55. The maximum absolute atomic E-state index is 14.3. The van der Waals surface area contributed by atoms with E-state index in [1.54, 1.807) is 6.07 Å². The fourth-order valence-electron chi connectivity index (χ4n) is 7.65. The zero-order valence-electron chi connectivity index (χ0n) is 29.9. The quantitative estimate of drug-likeness (QED) is 0.248. The monoisotopic (exact) mass is 660 g/mol. The zero-order valence-corrected chi connectivity index (χ0v) is 29.9. The van der Waals surface area contributed by atoms with Crippen molar-refractivity contribution in [1.29, 1.82) is 0 Å². The van der Waals surface area contributed by atoms with Crippen molar-refractivity contribution in [3.05, 3.63) is 112 Å². The summed E-state index contributed by atoms with van der Waals surface area (Å²) in [5.41, 5.74) is 7.83. The predicted octanol–water partition coefficient (Wildman–Crippen LogP) is 8.61. The smallest absolute Gasteiger partial charge is 0.262 e. The minimum atomic E-state index is -0.509. The van der Waals surface area contributed by atoms with Crippen molar-refractivity contribution in [1.82, 2.24) is 4.90 Å². The van der Waals surface area contributed by atoms with Crippen molar-refractivity contribution in [2.75, 3.05) is 18.5 Å². The number of nitrogens with zero attached hydrogens (tertiary/aromatic N) is 1. The molecule has 0 radical (unpaired) electrons. The number of hydrogen-bond donors (Lipinski definition) is 1. The number of Topliss-reactive ketones (excluding diaryl/α,β-unsaturated/α-hetero) is 2. The van der Waals surface area contributed by atoms with Crippen LogP contribution in [0.5, 0.6) is 11.5 Å². The fraction of sp³-hybridized carbons (Fsp3) is 0.405. The van der Waals surface area contributed by atoms with Crippen LogP contribution in [0.4, 0.5) is 5.69 Å². The fourth-order valence-corrected chi connectivity index (χ4v) is 7.65. The van der Waals surface area contributed by atoms with Crippen LogP contribution < -0.4 is 14.8 Å². The number of ketones is 2. The molecule has 0 bridgehead atoms. The van der Waals surface area contributed by atoms with Gasteiger partial charge in [-0.3, -0.25) is 14.4 Å². The number of allylic oxidation sites excluding steroid dienone is 4. The lowest BCUT2D eigenvalue weighted by Gasteiger charge is -2.49. The van der Waals surface area contributed by atoms with E-state index in [0.29, 0.717) is 48.6 Å². The largest absolute Gasteiger partial charge is 0.490 e. The highest BCUT2D eigenvalue weighted by atomic mass is 16.5. The van der Waals surface area contributed by atoms with E-state index in [-0.39, 0.29) is 34.9 Å². The summed E-state index contributed by atoms with van der Waals surface area (Å²) in [6.45, 7) is 15.3. The van der Waals surface area contributed by atoms with Crippen molar-refractivity contribution < 1.29 is 23.9 Å². The van der Waals surface area contributed by atoms with Gasteiger partial charge in [0.05, 0.1) is 6.61 Å². The maximum atomic E-state index is 14.3. The molecule has 1 amide bonds. The van der Waals surface area contributed by atoms with Gasteiger partial charge in [-0.1, -0.05) is 76.2 Å². The highest BCUT2D eigenvalue weighted by Gasteiger charge is 2.49. The summed E-state index contributed by atoms with van der Waals surface area (Å²) in [6.07, 6.45) is 2.30. The van der Waals surface area contributed by atoms with Gasteiger partial charge in [0, 0.05) is 53.5 Å². The minimum Gasteiger partial charge on any atom is -0.490 e. The molecule has 0 saturated carbocycles. The number of amides is 1. The topological polar surface area (TPSA) is 84.9 Å². The van der Waals surface area contributed by atoms with Gasteiger partial charge in [0.25, 0.3) is 5.91 Å². The van der Waals surface area contributed by atoms with Gasteiger partial charge < -0.3 is 19.7 Å². The Kier molecular flexibility index (Phi) is 9.31. The second kappa shape index (κ2) is 13.3. The average Bonchev–Trinajstić information content (AvgIpc) is 3.03. The number of carbonyl (C=O) groups excluding carboxylic acids is 3. The Morgan fingerprint density at radius 3 is 2.04 bits per heavy atom. The summed E-state index contributed by atoms with van der Waals surface area (Å²) in [7, 11) is 0. The molecule has 3 aliphatic rings. The van der Waals surface area contributed by atoms with Crippen molar-refractivity contribution in [2.45, 2.75) is 86.6 Å². The molecular weight excluding hydrogens is 612 g/mol. The molecule has 49 heavy (non-hydrogen) atoms. The molecule has 0 unspecified atom stereocenters. The van der Waals surface area contributed by atoms with E-state index in [4.69, 9.17) is 9.47 Å². The van der Waals surface area contributed by atoms with Crippen molar-refractivity contribution in [2.24, 2.45) is 10.8 Å². The van der Waals surface area contributed by atoms with E-state index in [1.165, 1.54) is 0 Å². The number of benzene rings is 3. The van der Waals surface area contributed by atoms with Gasteiger partial charge in [-0.15, -0.1) is 0 Å². The zero-order chi connectivity index (χ0) is 35.1. The summed E-state index contributed by atoms with van der Waals surface area (Å²) in [5.74, 6) is 0.285. The second-order valence-corrected chi connectivity index (χ2v) is 15.3. The third-order valence-electron chi connectivity index (χ3n) is 10.0. The molecule has 3 aromatic carbocycles. The molecular formula is C42H48N2O5. The maximum Gasteiger partial charge on any atom is 0.262 e. The standard InChI is InChI=1S/C42H48N2O5/c1-8-48-36-19-29(17-18-35(36)49-25-37(47)43-30-16-12-13-26(2)27(30)3)38-39-31(20-41(4,5)22-33(39)45)44(24-28-14-10-9-11-15-28)32-21-42(6,7)23-34(46)40(32)38/h9-19,38H,8,20-25H2,1-7H3,(H,43,47). The molecule has 7 heteroatoms. The van der Waals surface area contributed by atoms with Crippen molar-refractivity contribution in [3.63, 3.8) is 0 Å². The minimum absolute atomic E-state index is 0.0832. The molecule has 0 spiro atoms. The number of carbonyl (C=O) groups is 3. The van der Waals surface area contributed by atoms with Crippen LogP contribution in [0.1, 0.15) is 88.5 Å². The van der Waals surface area contributed by atoms with E-state index in [9.17, 15) is 14.4 Å². The number of aryl methyl sites for hydroxylation is 1. The summed E-state index contributed by atoms with van der Waals surface area (Å²) in [4.78, 5) is 43.7. The normalized spacial score (nSPS) is 18.6. The Hall–Kier alpha value is -4.65. The van der Waals surface area contributed by atoms with Crippen LogP contribution >= 0.6 is 0 Å². The summed E-state index contributed by atoms with van der Waals surface area (Å²) in [6, 6.07) is 21.7. The van der Waals surface area contributed by atoms with E-state index >= 15 is 0 Å². The number of rotatable bonds is 9. The molecule has 7 nitrogen and oxygen atoms in total. The first-order valence-corrected chi connectivity index (χ1v) is 17.4. The van der Waals surface area contributed by atoms with Crippen LogP contribution in [-0.2, 0) is 20.9 Å². The summed E-state index contributed by atoms with van der Waals surface area (Å²) < 4.78 is 12.1. The molecule has 1 heterocycles. The molecule has 1 N–H and O–H groups in total. The van der Waals surface area contributed by atoms with E-state index < -0.39 is 5.92 Å². The molecule has 1 aliphatic heterocycles. The van der Waals surface area contributed by atoms with Crippen molar-refractivity contribution >= 4 is 23.2 Å². The van der Waals surface area contributed by atoms with Crippen LogP contribution in [-0.4, -0.2) is 35.6 Å². The lowest BCUT2D eigenvalue weighted by Crippen LogP contribution is -2.44. The Labute approximate surface area is 290 Å². The van der Waals surface area contributed by atoms with E-state index in [1.807, 2.05) is 69.3 Å². The van der Waals surface area contributed by atoms with E-state index in [0.717, 1.165) is 52.2 Å². The van der Waals surface area contributed by atoms with Gasteiger partial charge in [0.2, 0.25) is 0 Å². The van der Waals surface area contributed by atoms with Gasteiger partial charge in [-0.25, -0.2) is 0 Å². The average molecular weight is 661 g/mol. The molecule has 0 saturated heterocycles. The molecule has 6 rings (SSSR count). The summed E-state index contributed by atoms with van der Waals surface area (Å²) in [5, 5.41) is 2.95. The van der Waals surface area contributed by atoms with Crippen LogP contribution in [0.15, 0.2) is 89.3 Å². The SMILES string of the molecule is CCOc1cc(C2C3=C(CC(C)(C)CC3=O)N(Cc3ccccc3)C3=C2C(=O)CC(C)(C)C3)ccc1OCC(=O)Nc1cccc(C)c1C. The lowest BCUT2D eigenvalue weighted by molar-refractivity contribution is -0.120. The molecule has 3 aromatic rings. The first-order valence-electron chi connectivity index (χ1n) is 17.4. The van der Waals surface area contributed by atoms with Gasteiger partial charge in [-0.2, -0.15) is 0 Å². The van der Waals surface area contributed by atoms with Gasteiger partial charge in [0.15, 0.2) is 29.7 Å². The molecule has 0 atom stereocenters. The molecule has 0 fully saturated rings. The van der Waals surface area contributed by atoms with Gasteiger partial charge in [-0.05, 0) is 84.9 Å². The number of ether oxygens (including phenoxy) is 2. The molecule has 0 aromatic heterocycles. The highest BCUT2D eigenvalue weighted by molar-refractivity contribution is 6.07. The van der Waals surface area contributed by atoms with Crippen LogP contribution in [0, 0.1) is 24.7 Å². The van der Waals surface area contributed by atoms with Gasteiger partial charge in [0.1, 0.15) is 0 Å². The Bertz CT molecular complexity index is 1810. The van der Waals surface area contributed by atoms with E-state index in [2.05, 4.69) is 50.0 Å².